The number of benzene rings is 1. The molecule has 2 nitrogen and oxygen atoms in total. The second kappa shape index (κ2) is 6.31. The third-order valence-electron chi connectivity index (χ3n) is 4.26. The van der Waals surface area contributed by atoms with Crippen LogP contribution in [0.1, 0.15) is 58.4 Å². The zero-order valence-corrected chi connectivity index (χ0v) is 12.9. The van der Waals surface area contributed by atoms with Crippen molar-refractivity contribution in [3.8, 4) is 6.07 Å². The summed E-state index contributed by atoms with van der Waals surface area (Å²) in [5.74, 6) is 0.144. The average molecular weight is 270 g/mol. The fraction of sp³-hybridized carbons (Fsp3) is 0.611. The maximum Gasteiger partial charge on any atom is 0.0677 e. The lowest BCUT2D eigenvalue weighted by atomic mass is 9.85. The van der Waals surface area contributed by atoms with Gasteiger partial charge in [-0.3, -0.25) is 0 Å². The lowest BCUT2D eigenvalue weighted by Gasteiger charge is -2.28. The van der Waals surface area contributed by atoms with Crippen molar-refractivity contribution in [2.45, 2.75) is 64.3 Å². The molecule has 0 bridgehead atoms. The SMILES string of the molecule is CC(C)(C)c1ccccc1NC1CCCCCC1C#N. The van der Waals surface area contributed by atoms with E-state index < -0.39 is 0 Å². The van der Waals surface area contributed by atoms with E-state index in [1.807, 2.05) is 0 Å². The predicted octanol–water partition coefficient (Wildman–Crippen LogP) is 4.87. The average Bonchev–Trinajstić information content (AvgIpc) is 2.63. The van der Waals surface area contributed by atoms with Crippen molar-refractivity contribution in [3.05, 3.63) is 29.8 Å². The number of nitrogens with one attached hydrogen (secondary N) is 1. The molecule has 1 saturated carbocycles. The summed E-state index contributed by atoms with van der Waals surface area (Å²) in [5, 5.41) is 13.1. The van der Waals surface area contributed by atoms with E-state index in [0.717, 1.165) is 12.8 Å². The maximum absolute atomic E-state index is 9.40. The topological polar surface area (TPSA) is 35.8 Å². The van der Waals surface area contributed by atoms with Gasteiger partial charge >= 0.3 is 0 Å². The van der Waals surface area contributed by atoms with Crippen molar-refractivity contribution in [3.63, 3.8) is 0 Å². The molecule has 0 amide bonds. The molecular weight excluding hydrogens is 244 g/mol. The monoisotopic (exact) mass is 270 g/mol. The summed E-state index contributed by atoms with van der Waals surface area (Å²) in [4.78, 5) is 0. The highest BCUT2D eigenvalue weighted by Crippen LogP contribution is 2.32. The third-order valence-corrected chi connectivity index (χ3v) is 4.26. The Morgan fingerprint density at radius 3 is 2.50 bits per heavy atom. The Kier molecular flexibility index (Phi) is 4.70. The van der Waals surface area contributed by atoms with Crippen LogP contribution in [0, 0.1) is 17.2 Å². The molecule has 1 aliphatic rings. The van der Waals surface area contributed by atoms with Crippen LogP contribution in [0.25, 0.3) is 0 Å². The molecule has 0 spiro atoms. The Labute approximate surface area is 123 Å². The molecule has 0 heterocycles. The van der Waals surface area contributed by atoms with E-state index in [1.54, 1.807) is 0 Å². The second-order valence-corrected chi connectivity index (χ2v) is 6.92. The van der Waals surface area contributed by atoms with Gasteiger partial charge in [0.05, 0.1) is 12.0 Å². The first-order valence-corrected chi connectivity index (χ1v) is 7.78. The molecule has 1 aromatic carbocycles. The number of hydrogen-bond acceptors (Lipinski definition) is 2. The first-order chi connectivity index (χ1) is 9.52. The normalized spacial score (nSPS) is 23.7. The molecule has 108 valence electrons. The van der Waals surface area contributed by atoms with Gasteiger partial charge in [-0.1, -0.05) is 58.2 Å². The zero-order valence-electron chi connectivity index (χ0n) is 12.9. The largest absolute Gasteiger partial charge is 0.381 e. The highest BCUT2D eigenvalue weighted by Gasteiger charge is 2.25. The van der Waals surface area contributed by atoms with Gasteiger partial charge < -0.3 is 5.32 Å². The fourth-order valence-corrected chi connectivity index (χ4v) is 3.10. The number of para-hydroxylation sites is 1. The Morgan fingerprint density at radius 2 is 1.80 bits per heavy atom. The zero-order chi connectivity index (χ0) is 14.6. The van der Waals surface area contributed by atoms with E-state index in [2.05, 4.69) is 56.4 Å². The van der Waals surface area contributed by atoms with Crippen molar-refractivity contribution in [1.29, 1.82) is 5.26 Å². The first kappa shape index (κ1) is 14.9. The van der Waals surface area contributed by atoms with Crippen LogP contribution < -0.4 is 5.32 Å². The highest BCUT2D eigenvalue weighted by molar-refractivity contribution is 5.55. The van der Waals surface area contributed by atoms with Crippen LogP contribution in [-0.2, 0) is 5.41 Å². The summed E-state index contributed by atoms with van der Waals surface area (Å²) in [7, 11) is 0. The Morgan fingerprint density at radius 1 is 1.10 bits per heavy atom. The van der Waals surface area contributed by atoms with Crippen molar-refractivity contribution in [2.75, 3.05) is 5.32 Å². The first-order valence-electron chi connectivity index (χ1n) is 7.78. The fourth-order valence-electron chi connectivity index (χ4n) is 3.10. The lowest BCUT2D eigenvalue weighted by molar-refractivity contribution is 0.511. The maximum atomic E-state index is 9.40. The van der Waals surface area contributed by atoms with Gasteiger partial charge in [0.2, 0.25) is 0 Å². The van der Waals surface area contributed by atoms with E-state index in [-0.39, 0.29) is 11.3 Å². The molecule has 20 heavy (non-hydrogen) atoms. The van der Waals surface area contributed by atoms with E-state index in [1.165, 1.54) is 30.5 Å². The van der Waals surface area contributed by atoms with Crippen LogP contribution in [0.4, 0.5) is 5.69 Å². The summed E-state index contributed by atoms with van der Waals surface area (Å²) < 4.78 is 0. The van der Waals surface area contributed by atoms with Gasteiger partial charge in [0.15, 0.2) is 0 Å². The minimum atomic E-state index is 0.121. The summed E-state index contributed by atoms with van der Waals surface area (Å²) in [6, 6.07) is 11.3. The molecule has 0 aromatic heterocycles. The number of hydrogen-bond donors (Lipinski definition) is 1. The van der Waals surface area contributed by atoms with Crippen LogP contribution in [0.5, 0.6) is 0 Å². The summed E-state index contributed by atoms with van der Waals surface area (Å²) in [5.41, 5.74) is 2.66. The molecular formula is C18H26N2. The van der Waals surface area contributed by atoms with Gasteiger partial charge in [-0.2, -0.15) is 5.26 Å². The van der Waals surface area contributed by atoms with Crippen LogP contribution in [-0.4, -0.2) is 6.04 Å². The van der Waals surface area contributed by atoms with E-state index in [9.17, 15) is 5.26 Å². The molecule has 2 unspecified atom stereocenters. The van der Waals surface area contributed by atoms with Crippen molar-refractivity contribution in [1.82, 2.24) is 0 Å². The summed E-state index contributed by atoms with van der Waals surface area (Å²) >= 11 is 0. The lowest BCUT2D eigenvalue weighted by Crippen LogP contribution is -2.28. The van der Waals surface area contributed by atoms with Crippen LogP contribution in [0.3, 0.4) is 0 Å². The molecule has 1 aromatic rings. The molecule has 0 aliphatic heterocycles. The highest BCUT2D eigenvalue weighted by atomic mass is 14.9. The van der Waals surface area contributed by atoms with Gasteiger partial charge in [0.25, 0.3) is 0 Å². The van der Waals surface area contributed by atoms with E-state index in [0.29, 0.717) is 6.04 Å². The van der Waals surface area contributed by atoms with Gasteiger partial charge in [-0.15, -0.1) is 0 Å². The number of rotatable bonds is 2. The molecule has 1 N–H and O–H groups in total. The Bertz CT molecular complexity index is 479. The molecule has 2 rings (SSSR count). The second-order valence-electron chi connectivity index (χ2n) is 6.92. The van der Waals surface area contributed by atoms with Gasteiger partial charge in [-0.05, 0) is 29.9 Å². The number of nitriles is 1. The van der Waals surface area contributed by atoms with Crippen molar-refractivity contribution >= 4 is 5.69 Å². The molecule has 0 saturated heterocycles. The molecule has 2 atom stereocenters. The Balaban J connectivity index is 2.22. The molecule has 2 heteroatoms. The van der Waals surface area contributed by atoms with Crippen LogP contribution in [0.15, 0.2) is 24.3 Å². The predicted molar refractivity (Wildman–Crippen MR) is 84.7 cm³/mol. The smallest absolute Gasteiger partial charge is 0.0677 e. The van der Waals surface area contributed by atoms with Crippen molar-refractivity contribution < 1.29 is 0 Å². The summed E-state index contributed by atoms with van der Waals surface area (Å²) in [6.45, 7) is 6.72. The number of nitrogens with zero attached hydrogens (tertiary/aromatic N) is 1. The van der Waals surface area contributed by atoms with E-state index >= 15 is 0 Å². The van der Waals surface area contributed by atoms with Crippen LogP contribution >= 0.6 is 0 Å². The van der Waals surface area contributed by atoms with Crippen molar-refractivity contribution in [2.24, 2.45) is 5.92 Å². The van der Waals surface area contributed by atoms with Gasteiger partial charge in [-0.25, -0.2) is 0 Å². The number of anilines is 1. The standard InChI is InChI=1S/C18H26N2/c1-18(2,3)15-10-7-8-12-17(15)20-16-11-6-4-5-9-14(16)13-19/h7-8,10,12,14,16,20H,4-6,9,11H2,1-3H3. The molecule has 0 radical (unpaired) electrons. The Hall–Kier alpha value is -1.49. The quantitative estimate of drug-likeness (QED) is 0.778. The third kappa shape index (κ3) is 3.54. The minimum Gasteiger partial charge on any atom is -0.381 e. The molecule has 1 aliphatic carbocycles. The van der Waals surface area contributed by atoms with Gasteiger partial charge in [0.1, 0.15) is 0 Å². The molecule has 1 fully saturated rings. The minimum absolute atomic E-state index is 0.121. The summed E-state index contributed by atoms with van der Waals surface area (Å²) in [6.07, 6.45) is 5.82. The van der Waals surface area contributed by atoms with E-state index in [4.69, 9.17) is 0 Å². The van der Waals surface area contributed by atoms with Crippen LogP contribution in [0.2, 0.25) is 0 Å². The van der Waals surface area contributed by atoms with Gasteiger partial charge in [0, 0.05) is 11.7 Å².